The second-order valence-electron chi connectivity index (χ2n) is 5.35. The molecule has 0 saturated carbocycles. The van der Waals surface area contributed by atoms with Crippen molar-refractivity contribution in [2.45, 2.75) is 0 Å². The zero-order valence-electron chi connectivity index (χ0n) is 12.5. The summed E-state index contributed by atoms with van der Waals surface area (Å²) < 4.78 is 1.03. The summed E-state index contributed by atoms with van der Waals surface area (Å²) in [5, 5.41) is 24.6. The molecule has 24 heavy (non-hydrogen) atoms. The third-order valence-corrected chi connectivity index (χ3v) is 4.35. The van der Waals surface area contributed by atoms with E-state index < -0.39 is 0 Å². The second-order valence-corrected chi connectivity index (χ2v) is 6.27. The number of aromatic hydroxyl groups is 1. The van der Waals surface area contributed by atoms with Crippen LogP contribution in [0.15, 0.2) is 65.3 Å². The van der Waals surface area contributed by atoms with Crippen molar-refractivity contribution in [3.8, 4) is 39.5 Å². The fraction of sp³-hybridized carbons (Fsp3) is 0. The van der Waals surface area contributed by atoms with Gasteiger partial charge in [0.05, 0.1) is 23.3 Å². The molecular weight excluding hydrogens is 368 g/mol. The lowest BCUT2D eigenvalue weighted by molar-refractivity contribution is 0.477. The van der Waals surface area contributed by atoms with E-state index in [4.69, 9.17) is 0 Å². The molecule has 0 bridgehead atoms. The average molecular weight is 381 g/mol. The number of nitrogens with one attached hydrogen (secondary N) is 2. The van der Waals surface area contributed by atoms with Gasteiger partial charge in [-0.1, -0.05) is 40.2 Å². The van der Waals surface area contributed by atoms with Crippen molar-refractivity contribution in [1.82, 2.24) is 20.4 Å². The van der Waals surface area contributed by atoms with E-state index in [1.807, 2.05) is 42.5 Å². The predicted molar refractivity (Wildman–Crippen MR) is 96.4 cm³/mol. The molecule has 0 atom stereocenters. The van der Waals surface area contributed by atoms with Crippen LogP contribution < -0.4 is 0 Å². The maximum atomic E-state index is 10.1. The molecule has 118 valence electrons. The number of aromatic amines is 2. The quantitative estimate of drug-likeness (QED) is 0.485. The fourth-order valence-corrected chi connectivity index (χ4v) is 2.87. The Bertz CT molecular complexity index is 988. The minimum atomic E-state index is 0.204. The first-order chi connectivity index (χ1) is 11.7. The van der Waals surface area contributed by atoms with Gasteiger partial charge in [-0.3, -0.25) is 10.2 Å². The van der Waals surface area contributed by atoms with E-state index in [-0.39, 0.29) is 5.75 Å². The summed E-state index contributed by atoms with van der Waals surface area (Å²) in [6.45, 7) is 0. The van der Waals surface area contributed by atoms with Gasteiger partial charge in [0.15, 0.2) is 0 Å². The predicted octanol–water partition coefficient (Wildman–Crippen LogP) is 4.60. The Morgan fingerprint density at radius 3 is 2.50 bits per heavy atom. The van der Waals surface area contributed by atoms with E-state index in [0.717, 1.165) is 32.7 Å². The Hall–Kier alpha value is -2.86. The maximum Gasteiger partial charge on any atom is 0.124 e. The highest BCUT2D eigenvalue weighted by Gasteiger charge is 2.15. The van der Waals surface area contributed by atoms with Crippen molar-refractivity contribution >= 4 is 15.9 Å². The van der Waals surface area contributed by atoms with Crippen molar-refractivity contribution in [2.24, 2.45) is 0 Å². The van der Waals surface area contributed by atoms with E-state index in [0.29, 0.717) is 5.56 Å². The topological polar surface area (TPSA) is 77.6 Å². The number of aromatic nitrogens is 4. The molecule has 6 heteroatoms. The summed E-state index contributed by atoms with van der Waals surface area (Å²) in [7, 11) is 0. The Morgan fingerprint density at radius 2 is 1.71 bits per heavy atom. The van der Waals surface area contributed by atoms with Gasteiger partial charge in [0.25, 0.3) is 0 Å². The smallest absolute Gasteiger partial charge is 0.124 e. The molecule has 2 aromatic heterocycles. The maximum absolute atomic E-state index is 10.1. The first-order valence-electron chi connectivity index (χ1n) is 7.36. The molecule has 4 rings (SSSR count). The first-order valence-corrected chi connectivity index (χ1v) is 8.15. The Kier molecular flexibility index (Phi) is 3.66. The number of rotatable bonds is 3. The lowest BCUT2D eigenvalue weighted by atomic mass is 10.0. The van der Waals surface area contributed by atoms with Crippen molar-refractivity contribution in [3.05, 3.63) is 65.3 Å². The van der Waals surface area contributed by atoms with Gasteiger partial charge in [-0.25, -0.2) is 0 Å². The SMILES string of the molecule is Oc1ccccc1-c1[nH]ncc1-c1cc(-c2ccc(Br)cc2)n[nH]1. The molecule has 0 fully saturated rings. The van der Waals surface area contributed by atoms with Gasteiger partial charge in [0.2, 0.25) is 0 Å². The third kappa shape index (κ3) is 2.61. The molecule has 4 aromatic rings. The zero-order chi connectivity index (χ0) is 16.5. The van der Waals surface area contributed by atoms with Crippen molar-refractivity contribution in [1.29, 1.82) is 0 Å². The summed E-state index contributed by atoms with van der Waals surface area (Å²) in [4.78, 5) is 0. The molecule has 0 aliphatic heterocycles. The number of phenolic OH excluding ortho intramolecular Hbond substituents is 1. The Morgan fingerprint density at radius 1 is 0.917 bits per heavy atom. The number of hydrogen-bond acceptors (Lipinski definition) is 3. The standard InChI is InChI=1S/C18H13BrN4O/c19-12-7-5-11(6-8-12)15-9-16(22-21-15)14-10-20-23-18(14)13-3-1-2-4-17(13)24/h1-10,24H,(H,20,23)(H,21,22). The minimum Gasteiger partial charge on any atom is -0.507 e. The summed E-state index contributed by atoms with van der Waals surface area (Å²) >= 11 is 3.43. The molecule has 0 aliphatic carbocycles. The molecular formula is C18H13BrN4O. The van der Waals surface area contributed by atoms with Gasteiger partial charge in [0, 0.05) is 21.2 Å². The number of halogens is 1. The normalized spacial score (nSPS) is 10.9. The van der Waals surface area contributed by atoms with E-state index in [9.17, 15) is 5.11 Å². The van der Waals surface area contributed by atoms with Gasteiger partial charge < -0.3 is 5.11 Å². The van der Waals surface area contributed by atoms with Gasteiger partial charge in [-0.15, -0.1) is 0 Å². The van der Waals surface area contributed by atoms with Crippen LogP contribution in [-0.4, -0.2) is 25.5 Å². The zero-order valence-corrected chi connectivity index (χ0v) is 14.1. The van der Waals surface area contributed by atoms with Crippen molar-refractivity contribution in [3.63, 3.8) is 0 Å². The molecule has 5 nitrogen and oxygen atoms in total. The van der Waals surface area contributed by atoms with Gasteiger partial charge in [-0.05, 0) is 30.3 Å². The number of para-hydroxylation sites is 1. The molecule has 2 heterocycles. The van der Waals surface area contributed by atoms with Gasteiger partial charge in [-0.2, -0.15) is 10.2 Å². The number of nitrogens with zero attached hydrogens (tertiary/aromatic N) is 2. The van der Waals surface area contributed by atoms with E-state index in [1.165, 1.54) is 0 Å². The Balaban J connectivity index is 1.75. The van der Waals surface area contributed by atoms with Crippen LogP contribution in [0, 0.1) is 0 Å². The van der Waals surface area contributed by atoms with E-state index in [1.54, 1.807) is 18.3 Å². The summed E-state index contributed by atoms with van der Waals surface area (Å²) in [6, 6.07) is 17.1. The highest BCUT2D eigenvalue weighted by atomic mass is 79.9. The van der Waals surface area contributed by atoms with E-state index in [2.05, 4.69) is 36.3 Å². The highest BCUT2D eigenvalue weighted by Crippen LogP contribution is 2.35. The van der Waals surface area contributed by atoms with Crippen LogP contribution in [0.3, 0.4) is 0 Å². The van der Waals surface area contributed by atoms with E-state index >= 15 is 0 Å². The number of benzene rings is 2. The monoisotopic (exact) mass is 380 g/mol. The largest absolute Gasteiger partial charge is 0.507 e. The number of hydrogen-bond donors (Lipinski definition) is 3. The van der Waals surface area contributed by atoms with Crippen molar-refractivity contribution in [2.75, 3.05) is 0 Å². The van der Waals surface area contributed by atoms with Gasteiger partial charge in [0.1, 0.15) is 5.75 Å². The second kappa shape index (κ2) is 5.98. The summed E-state index contributed by atoms with van der Waals surface area (Å²) in [5.41, 5.74) is 5.01. The third-order valence-electron chi connectivity index (χ3n) is 3.82. The molecule has 0 amide bonds. The molecule has 0 aliphatic rings. The van der Waals surface area contributed by atoms with Crippen LogP contribution in [0.5, 0.6) is 5.75 Å². The lowest BCUT2D eigenvalue weighted by Crippen LogP contribution is -1.83. The number of H-pyrrole nitrogens is 2. The van der Waals surface area contributed by atoms with Crippen LogP contribution in [0.1, 0.15) is 0 Å². The number of phenols is 1. The van der Waals surface area contributed by atoms with Crippen LogP contribution in [0.2, 0.25) is 0 Å². The Labute approximate surface area is 146 Å². The highest BCUT2D eigenvalue weighted by molar-refractivity contribution is 9.10. The average Bonchev–Trinajstić information content (AvgIpc) is 3.25. The molecule has 2 aromatic carbocycles. The van der Waals surface area contributed by atoms with Crippen LogP contribution in [0.4, 0.5) is 0 Å². The van der Waals surface area contributed by atoms with Crippen molar-refractivity contribution < 1.29 is 5.11 Å². The molecule has 0 spiro atoms. The minimum absolute atomic E-state index is 0.204. The van der Waals surface area contributed by atoms with Gasteiger partial charge >= 0.3 is 0 Å². The molecule has 0 saturated heterocycles. The molecule has 0 unspecified atom stereocenters. The summed E-state index contributed by atoms with van der Waals surface area (Å²) in [6.07, 6.45) is 1.72. The fourth-order valence-electron chi connectivity index (χ4n) is 2.61. The van der Waals surface area contributed by atoms with Crippen LogP contribution in [0.25, 0.3) is 33.8 Å². The first kappa shape index (κ1) is 14.7. The van der Waals surface area contributed by atoms with Crippen LogP contribution in [-0.2, 0) is 0 Å². The molecule has 3 N–H and O–H groups in total. The summed E-state index contributed by atoms with van der Waals surface area (Å²) in [5.74, 6) is 0.204. The lowest BCUT2D eigenvalue weighted by Gasteiger charge is -2.03. The molecule has 0 radical (unpaired) electrons. The van der Waals surface area contributed by atoms with Crippen LogP contribution >= 0.6 is 15.9 Å².